The van der Waals surface area contributed by atoms with Crippen molar-refractivity contribution in [2.45, 2.75) is 4.90 Å². The van der Waals surface area contributed by atoms with Crippen LogP contribution in [0.3, 0.4) is 0 Å². The van der Waals surface area contributed by atoms with Crippen LogP contribution in [-0.2, 0) is 14.8 Å². The van der Waals surface area contributed by atoms with E-state index in [0.717, 1.165) is 0 Å². The van der Waals surface area contributed by atoms with Gasteiger partial charge in [0.2, 0.25) is 10.0 Å². The van der Waals surface area contributed by atoms with Crippen LogP contribution in [0.15, 0.2) is 53.4 Å². The van der Waals surface area contributed by atoms with Crippen molar-refractivity contribution in [1.82, 2.24) is 9.21 Å². The lowest BCUT2D eigenvalue weighted by Gasteiger charge is -2.31. The van der Waals surface area contributed by atoms with Crippen LogP contribution in [0.5, 0.6) is 5.75 Å². The summed E-state index contributed by atoms with van der Waals surface area (Å²) in [5.74, 6) is -0.410. The van der Waals surface area contributed by atoms with Crippen LogP contribution in [0.25, 0.3) is 0 Å². The summed E-state index contributed by atoms with van der Waals surface area (Å²) in [6.45, 7) is 2.06. The maximum absolute atomic E-state index is 12.8. The molecule has 28 heavy (non-hydrogen) atoms. The highest BCUT2D eigenvalue weighted by Crippen LogP contribution is 2.20. The molecular formula is C19H22FN3O4S. The monoisotopic (exact) mass is 407 g/mol. The second-order valence-electron chi connectivity index (χ2n) is 6.52. The number of hydrogen-bond donors (Lipinski definition) is 1. The molecule has 9 heteroatoms. The van der Waals surface area contributed by atoms with Gasteiger partial charge >= 0.3 is 0 Å². The smallest absolute Gasteiger partial charge is 0.262 e. The number of halogens is 1. The molecule has 0 spiro atoms. The number of rotatable bonds is 6. The van der Waals surface area contributed by atoms with Crippen LogP contribution in [-0.4, -0.2) is 63.4 Å². The van der Waals surface area contributed by atoms with Crippen molar-refractivity contribution < 1.29 is 22.3 Å². The fourth-order valence-electron chi connectivity index (χ4n) is 2.76. The first-order valence-electron chi connectivity index (χ1n) is 8.81. The van der Waals surface area contributed by atoms with E-state index in [2.05, 4.69) is 10.2 Å². The molecule has 1 fully saturated rings. The number of ether oxygens (including phenoxy) is 1. The molecular weight excluding hydrogens is 385 g/mol. The van der Waals surface area contributed by atoms with E-state index >= 15 is 0 Å². The Balaban J connectivity index is 1.56. The predicted molar refractivity (Wildman–Crippen MR) is 103 cm³/mol. The minimum Gasteiger partial charge on any atom is -0.484 e. The first-order chi connectivity index (χ1) is 13.3. The first kappa shape index (κ1) is 20.2. The molecule has 1 amide bonds. The van der Waals surface area contributed by atoms with Gasteiger partial charge in [0.1, 0.15) is 11.6 Å². The molecule has 0 aliphatic carbocycles. The number of piperazine rings is 1. The van der Waals surface area contributed by atoms with Crippen molar-refractivity contribution in [2.75, 3.05) is 45.2 Å². The van der Waals surface area contributed by atoms with Gasteiger partial charge in [-0.1, -0.05) is 0 Å². The summed E-state index contributed by atoms with van der Waals surface area (Å²) in [7, 11) is -1.58. The van der Waals surface area contributed by atoms with Gasteiger partial charge in [0.15, 0.2) is 6.61 Å². The highest BCUT2D eigenvalue weighted by atomic mass is 32.2. The van der Waals surface area contributed by atoms with Crippen molar-refractivity contribution in [3.8, 4) is 5.75 Å². The number of amides is 1. The molecule has 0 unspecified atom stereocenters. The average Bonchev–Trinajstić information content (AvgIpc) is 2.68. The average molecular weight is 407 g/mol. The molecule has 0 bridgehead atoms. The fourth-order valence-corrected chi connectivity index (χ4v) is 4.19. The van der Waals surface area contributed by atoms with Crippen LogP contribution < -0.4 is 10.1 Å². The van der Waals surface area contributed by atoms with Crippen LogP contribution in [0.4, 0.5) is 10.1 Å². The molecule has 1 aliphatic rings. The summed E-state index contributed by atoms with van der Waals surface area (Å²) in [6, 6.07) is 11.4. The summed E-state index contributed by atoms with van der Waals surface area (Å²) in [4.78, 5) is 14.2. The highest BCUT2D eigenvalue weighted by Gasteiger charge is 2.27. The van der Waals surface area contributed by atoms with Crippen molar-refractivity contribution in [1.29, 1.82) is 0 Å². The number of sulfonamides is 1. The normalized spacial score (nSPS) is 15.9. The van der Waals surface area contributed by atoms with E-state index in [1.807, 2.05) is 7.05 Å². The third-order valence-electron chi connectivity index (χ3n) is 4.42. The molecule has 2 aromatic rings. The zero-order chi connectivity index (χ0) is 20.1. The highest BCUT2D eigenvalue weighted by molar-refractivity contribution is 7.89. The van der Waals surface area contributed by atoms with Gasteiger partial charge in [0.25, 0.3) is 5.91 Å². The Hall–Kier alpha value is -2.49. The van der Waals surface area contributed by atoms with Crippen molar-refractivity contribution in [3.05, 3.63) is 54.3 Å². The molecule has 150 valence electrons. The van der Waals surface area contributed by atoms with Gasteiger partial charge in [-0.15, -0.1) is 0 Å². The van der Waals surface area contributed by atoms with E-state index in [0.29, 0.717) is 37.6 Å². The van der Waals surface area contributed by atoms with Gasteiger partial charge in [0, 0.05) is 31.9 Å². The Morgan fingerprint density at radius 1 is 1.04 bits per heavy atom. The number of anilines is 1. The van der Waals surface area contributed by atoms with Gasteiger partial charge in [-0.2, -0.15) is 4.31 Å². The molecule has 1 saturated heterocycles. The summed E-state index contributed by atoms with van der Waals surface area (Å²) in [6.07, 6.45) is 0. The fraction of sp³-hybridized carbons (Fsp3) is 0.316. The number of hydrogen-bond acceptors (Lipinski definition) is 5. The van der Waals surface area contributed by atoms with Crippen molar-refractivity contribution in [3.63, 3.8) is 0 Å². The molecule has 0 atom stereocenters. The number of nitrogens with zero attached hydrogens (tertiary/aromatic N) is 2. The molecule has 1 heterocycles. The van der Waals surface area contributed by atoms with E-state index < -0.39 is 15.9 Å². The Morgan fingerprint density at radius 3 is 2.25 bits per heavy atom. The third-order valence-corrected chi connectivity index (χ3v) is 6.33. The summed E-state index contributed by atoms with van der Waals surface area (Å²) in [5.41, 5.74) is 0.463. The molecule has 0 radical (unpaired) electrons. The zero-order valence-electron chi connectivity index (χ0n) is 15.5. The van der Waals surface area contributed by atoms with Crippen LogP contribution in [0.2, 0.25) is 0 Å². The maximum Gasteiger partial charge on any atom is 0.262 e. The second kappa shape index (κ2) is 8.68. The lowest BCUT2D eigenvalue weighted by molar-refractivity contribution is -0.118. The van der Waals surface area contributed by atoms with Crippen molar-refractivity contribution >= 4 is 21.6 Å². The van der Waals surface area contributed by atoms with Crippen molar-refractivity contribution in [2.24, 2.45) is 0 Å². The topological polar surface area (TPSA) is 79.0 Å². The maximum atomic E-state index is 12.8. The number of nitrogens with one attached hydrogen (secondary N) is 1. The minimum atomic E-state index is -3.54. The summed E-state index contributed by atoms with van der Waals surface area (Å²) < 4.78 is 45.0. The quantitative estimate of drug-likeness (QED) is 0.790. The number of carbonyl (C=O) groups is 1. The lowest BCUT2D eigenvalue weighted by Crippen LogP contribution is -2.46. The molecule has 7 nitrogen and oxygen atoms in total. The van der Waals surface area contributed by atoms with Gasteiger partial charge in [-0.3, -0.25) is 4.79 Å². The molecule has 0 saturated carbocycles. The lowest BCUT2D eigenvalue weighted by atomic mass is 10.3. The summed E-state index contributed by atoms with van der Waals surface area (Å²) >= 11 is 0. The van der Waals surface area contributed by atoms with E-state index in [4.69, 9.17) is 4.74 Å². The van der Waals surface area contributed by atoms with Crippen LogP contribution in [0, 0.1) is 5.82 Å². The Kier molecular flexibility index (Phi) is 6.28. The Bertz CT molecular complexity index is 909. The molecule has 2 aromatic carbocycles. The predicted octanol–water partition coefficient (Wildman–Crippen LogP) is 1.78. The largest absolute Gasteiger partial charge is 0.484 e. The Labute approximate surface area is 163 Å². The standard InChI is InChI=1S/C19H22FN3O4S/c1-22-10-12-23(13-11-22)28(25,26)18-8-4-16(5-9-18)21-19(24)14-27-17-6-2-15(20)3-7-17/h2-9H,10-14H2,1H3,(H,21,24). The summed E-state index contributed by atoms with van der Waals surface area (Å²) in [5, 5.41) is 2.63. The molecule has 1 aliphatic heterocycles. The van der Waals surface area contributed by atoms with E-state index in [1.54, 1.807) is 12.1 Å². The van der Waals surface area contributed by atoms with E-state index in [9.17, 15) is 17.6 Å². The van der Waals surface area contributed by atoms with Gasteiger partial charge < -0.3 is 15.0 Å². The Morgan fingerprint density at radius 2 is 1.64 bits per heavy atom. The van der Waals surface area contributed by atoms with Crippen LogP contribution in [0.1, 0.15) is 0 Å². The van der Waals surface area contributed by atoms with Gasteiger partial charge in [0.05, 0.1) is 4.90 Å². The zero-order valence-corrected chi connectivity index (χ0v) is 16.3. The third kappa shape index (κ3) is 5.06. The minimum absolute atomic E-state index is 0.192. The SMILES string of the molecule is CN1CCN(S(=O)(=O)c2ccc(NC(=O)COc3ccc(F)cc3)cc2)CC1. The van der Waals surface area contributed by atoms with E-state index in [1.165, 1.54) is 40.7 Å². The molecule has 3 rings (SSSR count). The van der Waals surface area contributed by atoms with Gasteiger partial charge in [-0.05, 0) is 55.6 Å². The number of likely N-dealkylation sites (N-methyl/N-ethyl adjacent to an activating group) is 1. The number of carbonyl (C=O) groups excluding carboxylic acids is 1. The molecule has 1 N–H and O–H groups in total. The van der Waals surface area contributed by atoms with Gasteiger partial charge in [-0.25, -0.2) is 12.8 Å². The second-order valence-corrected chi connectivity index (χ2v) is 8.46. The number of benzene rings is 2. The first-order valence-corrected chi connectivity index (χ1v) is 10.3. The van der Waals surface area contributed by atoms with Crippen LogP contribution >= 0.6 is 0 Å². The molecule has 0 aromatic heterocycles. The van der Waals surface area contributed by atoms with E-state index in [-0.39, 0.29) is 17.3 Å².